The predicted octanol–water partition coefficient (Wildman–Crippen LogP) is 2.35. The Balaban J connectivity index is 2.51. The van der Waals surface area contributed by atoms with Gasteiger partial charge in [0, 0.05) is 6.07 Å². The normalized spacial score (nSPS) is 10.1. The van der Waals surface area contributed by atoms with Crippen LogP contribution in [-0.4, -0.2) is 12.6 Å². The van der Waals surface area contributed by atoms with Gasteiger partial charge in [0.05, 0.1) is 17.7 Å². The summed E-state index contributed by atoms with van der Waals surface area (Å²) in [6.45, 7) is 2.19. The van der Waals surface area contributed by atoms with Crippen molar-refractivity contribution in [1.29, 1.82) is 0 Å². The molecule has 1 aromatic carbocycles. The first-order chi connectivity index (χ1) is 8.72. The molecule has 3 heteroatoms. The minimum absolute atomic E-state index is 0.281. The number of aromatic nitrogens is 1. The highest BCUT2D eigenvalue weighted by atomic mass is 16.5. The summed E-state index contributed by atoms with van der Waals surface area (Å²) in [5, 5.41) is 0. The average molecular weight is 242 g/mol. The highest BCUT2D eigenvalue weighted by molar-refractivity contribution is 5.96. The van der Waals surface area contributed by atoms with Crippen molar-refractivity contribution in [3.63, 3.8) is 0 Å². The monoisotopic (exact) mass is 242 g/mol. The van der Waals surface area contributed by atoms with Crippen LogP contribution in [0.3, 0.4) is 0 Å². The smallest absolute Gasteiger partial charge is 0.339 e. The third kappa shape index (κ3) is 2.56. The van der Waals surface area contributed by atoms with Crippen LogP contribution >= 0.6 is 0 Å². The standard InChI is InChI=1S/C15H16NO2/c1-3-18-15(17)13-9-10-16(2)11-14(13)12-7-5-4-6-8-12/h4-11H,3H2,1-2H3/q+1. The lowest BCUT2D eigenvalue weighted by Crippen LogP contribution is -2.27. The van der Waals surface area contributed by atoms with E-state index in [0.717, 1.165) is 11.1 Å². The SMILES string of the molecule is CCOC(=O)c1cc[n+](C)cc1-c1ccccc1. The van der Waals surface area contributed by atoms with Gasteiger partial charge in [-0.25, -0.2) is 9.36 Å². The van der Waals surface area contributed by atoms with E-state index in [0.29, 0.717) is 12.2 Å². The molecule has 0 atom stereocenters. The van der Waals surface area contributed by atoms with Gasteiger partial charge in [-0.05, 0) is 12.5 Å². The number of hydrogen-bond donors (Lipinski definition) is 0. The Morgan fingerprint density at radius 2 is 1.94 bits per heavy atom. The average Bonchev–Trinajstić information content (AvgIpc) is 2.40. The third-order valence-corrected chi connectivity index (χ3v) is 2.68. The van der Waals surface area contributed by atoms with Crippen LogP contribution in [0.2, 0.25) is 0 Å². The van der Waals surface area contributed by atoms with Crippen molar-refractivity contribution in [2.75, 3.05) is 6.61 Å². The van der Waals surface area contributed by atoms with Crippen molar-refractivity contribution in [2.45, 2.75) is 6.92 Å². The Labute approximate surface area is 107 Å². The fourth-order valence-corrected chi connectivity index (χ4v) is 1.83. The minimum atomic E-state index is -0.281. The van der Waals surface area contributed by atoms with E-state index >= 15 is 0 Å². The van der Waals surface area contributed by atoms with Crippen LogP contribution in [-0.2, 0) is 11.8 Å². The number of hydrogen-bond acceptors (Lipinski definition) is 2. The number of carbonyl (C=O) groups is 1. The predicted molar refractivity (Wildman–Crippen MR) is 69.0 cm³/mol. The van der Waals surface area contributed by atoms with Gasteiger partial charge in [-0.15, -0.1) is 0 Å². The number of aryl methyl sites for hydroxylation is 1. The van der Waals surface area contributed by atoms with Gasteiger partial charge >= 0.3 is 5.97 Å². The van der Waals surface area contributed by atoms with Gasteiger partial charge in [0.25, 0.3) is 0 Å². The molecule has 0 saturated carbocycles. The zero-order valence-corrected chi connectivity index (χ0v) is 10.6. The summed E-state index contributed by atoms with van der Waals surface area (Å²) < 4.78 is 7.00. The Morgan fingerprint density at radius 1 is 1.22 bits per heavy atom. The lowest BCUT2D eigenvalue weighted by atomic mass is 10.0. The van der Waals surface area contributed by atoms with E-state index in [1.807, 2.05) is 61.3 Å². The maximum absolute atomic E-state index is 11.9. The minimum Gasteiger partial charge on any atom is -0.462 e. The molecule has 2 rings (SSSR count). The van der Waals surface area contributed by atoms with E-state index in [4.69, 9.17) is 4.74 Å². The number of pyridine rings is 1. The molecule has 2 aromatic rings. The second kappa shape index (κ2) is 5.45. The molecule has 18 heavy (non-hydrogen) atoms. The number of benzene rings is 1. The van der Waals surface area contributed by atoms with E-state index < -0.39 is 0 Å². The molecule has 3 nitrogen and oxygen atoms in total. The number of nitrogens with zero attached hydrogens (tertiary/aromatic N) is 1. The third-order valence-electron chi connectivity index (χ3n) is 2.68. The second-order valence-electron chi connectivity index (χ2n) is 4.02. The van der Waals surface area contributed by atoms with Gasteiger partial charge in [0.15, 0.2) is 12.4 Å². The van der Waals surface area contributed by atoms with Crippen LogP contribution in [0, 0.1) is 0 Å². The first-order valence-corrected chi connectivity index (χ1v) is 5.94. The Morgan fingerprint density at radius 3 is 2.61 bits per heavy atom. The molecular weight excluding hydrogens is 226 g/mol. The molecular formula is C15H16NO2+. The van der Waals surface area contributed by atoms with E-state index in [1.165, 1.54) is 0 Å². The molecule has 0 aliphatic rings. The maximum atomic E-state index is 11.9. The molecule has 0 amide bonds. The van der Waals surface area contributed by atoms with Crippen molar-refractivity contribution in [3.05, 3.63) is 54.4 Å². The number of carbonyl (C=O) groups excluding carboxylic acids is 1. The number of rotatable bonds is 3. The fraction of sp³-hybridized carbons (Fsp3) is 0.200. The van der Waals surface area contributed by atoms with Crippen LogP contribution in [0.1, 0.15) is 17.3 Å². The summed E-state index contributed by atoms with van der Waals surface area (Å²) in [7, 11) is 1.93. The topological polar surface area (TPSA) is 30.2 Å². The Bertz CT molecular complexity index is 550. The largest absolute Gasteiger partial charge is 0.462 e. The number of esters is 1. The molecule has 0 aliphatic carbocycles. The van der Waals surface area contributed by atoms with Gasteiger partial charge in [-0.1, -0.05) is 30.3 Å². The first-order valence-electron chi connectivity index (χ1n) is 5.94. The molecule has 0 N–H and O–H groups in total. The molecule has 0 saturated heterocycles. The molecule has 0 aliphatic heterocycles. The summed E-state index contributed by atoms with van der Waals surface area (Å²) in [6, 6.07) is 11.6. The quantitative estimate of drug-likeness (QED) is 0.611. The van der Waals surface area contributed by atoms with Crippen LogP contribution in [0.25, 0.3) is 11.1 Å². The summed E-state index contributed by atoms with van der Waals surface area (Å²) >= 11 is 0. The summed E-state index contributed by atoms with van der Waals surface area (Å²) in [5.74, 6) is -0.281. The zero-order valence-electron chi connectivity index (χ0n) is 10.6. The fourth-order valence-electron chi connectivity index (χ4n) is 1.83. The Kier molecular flexibility index (Phi) is 3.72. The second-order valence-corrected chi connectivity index (χ2v) is 4.02. The van der Waals surface area contributed by atoms with E-state index in [1.54, 1.807) is 6.07 Å². The van der Waals surface area contributed by atoms with Crippen LogP contribution in [0.5, 0.6) is 0 Å². The van der Waals surface area contributed by atoms with Crippen molar-refractivity contribution in [3.8, 4) is 11.1 Å². The van der Waals surface area contributed by atoms with Gasteiger partial charge in [-0.2, -0.15) is 0 Å². The zero-order chi connectivity index (χ0) is 13.0. The van der Waals surface area contributed by atoms with E-state index in [2.05, 4.69) is 0 Å². The molecule has 0 spiro atoms. The van der Waals surface area contributed by atoms with E-state index in [-0.39, 0.29) is 5.97 Å². The summed E-state index contributed by atoms with van der Waals surface area (Å²) in [5.41, 5.74) is 2.50. The highest BCUT2D eigenvalue weighted by Crippen LogP contribution is 2.22. The Hall–Kier alpha value is -2.16. The van der Waals surface area contributed by atoms with Crippen molar-refractivity contribution < 1.29 is 14.1 Å². The molecule has 0 radical (unpaired) electrons. The van der Waals surface area contributed by atoms with Gasteiger partial charge in [0.1, 0.15) is 7.05 Å². The summed E-state index contributed by atoms with van der Waals surface area (Å²) in [4.78, 5) is 11.9. The summed E-state index contributed by atoms with van der Waals surface area (Å²) in [6.07, 6.45) is 3.78. The van der Waals surface area contributed by atoms with Crippen LogP contribution < -0.4 is 4.57 Å². The molecule has 1 aromatic heterocycles. The van der Waals surface area contributed by atoms with Crippen LogP contribution in [0.15, 0.2) is 48.8 Å². The molecule has 1 heterocycles. The first kappa shape index (κ1) is 12.3. The van der Waals surface area contributed by atoms with Crippen LogP contribution in [0.4, 0.5) is 0 Å². The lowest BCUT2D eigenvalue weighted by molar-refractivity contribution is -0.671. The van der Waals surface area contributed by atoms with Crippen molar-refractivity contribution >= 4 is 5.97 Å². The van der Waals surface area contributed by atoms with Crippen molar-refractivity contribution in [1.82, 2.24) is 0 Å². The van der Waals surface area contributed by atoms with Gasteiger partial charge in [-0.3, -0.25) is 0 Å². The lowest BCUT2D eigenvalue weighted by Gasteiger charge is -2.07. The number of ether oxygens (including phenoxy) is 1. The molecule has 92 valence electrons. The van der Waals surface area contributed by atoms with Crippen molar-refractivity contribution in [2.24, 2.45) is 7.05 Å². The van der Waals surface area contributed by atoms with Gasteiger partial charge < -0.3 is 4.74 Å². The molecule has 0 fully saturated rings. The maximum Gasteiger partial charge on any atom is 0.339 e. The molecule has 0 unspecified atom stereocenters. The van der Waals surface area contributed by atoms with Gasteiger partial charge in [0.2, 0.25) is 0 Å². The highest BCUT2D eigenvalue weighted by Gasteiger charge is 2.16. The van der Waals surface area contributed by atoms with E-state index in [9.17, 15) is 4.79 Å². The molecule has 0 bridgehead atoms.